The lowest BCUT2D eigenvalue weighted by Gasteiger charge is -2.17. The predicted octanol–water partition coefficient (Wildman–Crippen LogP) is 6.13. The molecule has 3 rings (SSSR count). The van der Waals surface area contributed by atoms with Crippen molar-refractivity contribution in [3.63, 3.8) is 0 Å². The van der Waals surface area contributed by atoms with Gasteiger partial charge in [-0.15, -0.1) is 10.2 Å². The van der Waals surface area contributed by atoms with Crippen LogP contribution in [0, 0.1) is 18.6 Å². The van der Waals surface area contributed by atoms with Crippen LogP contribution in [0.4, 0.5) is 27.6 Å². The van der Waals surface area contributed by atoms with E-state index in [4.69, 9.17) is 9.52 Å². The van der Waals surface area contributed by atoms with Gasteiger partial charge in [-0.05, 0) is 61.4 Å². The van der Waals surface area contributed by atoms with E-state index in [9.17, 15) is 31.0 Å². The van der Waals surface area contributed by atoms with Crippen molar-refractivity contribution in [3.05, 3.63) is 70.4 Å². The number of hydrogen-bond acceptors (Lipinski definition) is 6. The number of aryl methyl sites for hydroxylation is 1. The highest BCUT2D eigenvalue weighted by Gasteiger charge is 2.38. The first-order valence-electron chi connectivity index (χ1n) is 9.84. The van der Waals surface area contributed by atoms with Gasteiger partial charge in [0, 0.05) is 22.4 Å². The third kappa shape index (κ3) is 5.91. The summed E-state index contributed by atoms with van der Waals surface area (Å²) >= 11 is 0. The second-order valence-corrected chi connectivity index (χ2v) is 9.76. The van der Waals surface area contributed by atoms with Crippen LogP contribution in [0.5, 0.6) is 11.6 Å². The number of nitrogens with zero attached hydrogens (tertiary/aromatic N) is 2. The molecule has 3 aromatic rings. The van der Waals surface area contributed by atoms with E-state index in [0.717, 1.165) is 19.1 Å². The van der Waals surface area contributed by atoms with Crippen LogP contribution in [-0.4, -0.2) is 26.6 Å². The molecule has 35 heavy (non-hydrogen) atoms. The van der Waals surface area contributed by atoms with E-state index in [1.807, 2.05) is 0 Å². The standard InChI is InChI=1S/C22H19F5N4O3S/c1-11-9-13(19(23)24)7-8-16(11)34-21-17(12(2)18(30-31-21)22(25,26)27)20(32)29-14-5-4-6-15(10-14)35(3,28)33/h4-10,19,28H,1-3H3,(H,29,32). The Hall–Kier alpha value is -3.61. The molecule has 1 unspecified atom stereocenters. The molecule has 1 heterocycles. The van der Waals surface area contributed by atoms with E-state index in [1.165, 1.54) is 43.5 Å². The Kier molecular flexibility index (Phi) is 7.11. The highest BCUT2D eigenvalue weighted by Crippen LogP contribution is 2.36. The molecule has 0 aliphatic carbocycles. The van der Waals surface area contributed by atoms with Crippen LogP contribution in [0.3, 0.4) is 0 Å². The second kappa shape index (κ2) is 9.56. The first-order valence-corrected chi connectivity index (χ1v) is 11.8. The molecule has 1 amide bonds. The van der Waals surface area contributed by atoms with Gasteiger partial charge in [0.15, 0.2) is 5.69 Å². The molecule has 0 fully saturated rings. The minimum absolute atomic E-state index is 0.0150. The van der Waals surface area contributed by atoms with Crippen molar-refractivity contribution in [2.75, 3.05) is 11.6 Å². The van der Waals surface area contributed by atoms with Gasteiger partial charge in [-0.25, -0.2) is 17.8 Å². The first kappa shape index (κ1) is 26.0. The van der Waals surface area contributed by atoms with Gasteiger partial charge in [-0.2, -0.15) is 13.2 Å². The number of carbonyl (C=O) groups excluding carboxylic acids is 1. The number of nitrogens with one attached hydrogen (secondary N) is 2. The Morgan fingerprint density at radius 1 is 1.11 bits per heavy atom. The molecule has 2 N–H and O–H groups in total. The number of hydrogen-bond donors (Lipinski definition) is 2. The van der Waals surface area contributed by atoms with Crippen LogP contribution in [0.25, 0.3) is 0 Å². The Balaban J connectivity index is 2.07. The van der Waals surface area contributed by atoms with Crippen molar-refractivity contribution >= 4 is 21.3 Å². The van der Waals surface area contributed by atoms with Crippen molar-refractivity contribution in [1.29, 1.82) is 4.78 Å². The number of anilines is 1. The minimum Gasteiger partial charge on any atom is -0.437 e. The second-order valence-electron chi connectivity index (χ2n) is 7.60. The molecule has 2 aromatic carbocycles. The highest BCUT2D eigenvalue weighted by molar-refractivity contribution is 7.91. The number of carbonyl (C=O) groups is 1. The van der Waals surface area contributed by atoms with Gasteiger partial charge in [-0.1, -0.05) is 6.07 Å². The third-order valence-electron chi connectivity index (χ3n) is 4.88. The van der Waals surface area contributed by atoms with Crippen molar-refractivity contribution in [2.45, 2.75) is 31.3 Å². The van der Waals surface area contributed by atoms with Gasteiger partial charge in [0.2, 0.25) is 0 Å². The molecule has 0 aliphatic heterocycles. The Bertz CT molecular complexity index is 1390. The van der Waals surface area contributed by atoms with E-state index in [2.05, 4.69) is 15.5 Å². The smallest absolute Gasteiger partial charge is 0.435 e. The fourth-order valence-corrected chi connectivity index (χ4v) is 3.83. The lowest BCUT2D eigenvalue weighted by atomic mass is 10.1. The van der Waals surface area contributed by atoms with E-state index < -0.39 is 50.9 Å². The van der Waals surface area contributed by atoms with E-state index in [1.54, 1.807) is 0 Å². The SMILES string of the molecule is Cc1cc(C(F)F)ccc1Oc1nnc(C(F)(F)F)c(C)c1C(=O)Nc1cccc(S(C)(=N)=O)c1. The summed E-state index contributed by atoms with van der Waals surface area (Å²) in [4.78, 5) is 13.2. The number of halogens is 5. The quantitative estimate of drug-likeness (QED) is 0.385. The molecular weight excluding hydrogens is 495 g/mol. The maximum Gasteiger partial charge on any atom is 0.435 e. The zero-order chi connectivity index (χ0) is 26.1. The summed E-state index contributed by atoms with van der Waals surface area (Å²) < 4.78 is 91.4. The lowest BCUT2D eigenvalue weighted by Crippen LogP contribution is -2.21. The third-order valence-corrected chi connectivity index (χ3v) is 6.03. The molecule has 1 aromatic heterocycles. The number of benzene rings is 2. The van der Waals surface area contributed by atoms with Gasteiger partial charge >= 0.3 is 6.18 Å². The van der Waals surface area contributed by atoms with Gasteiger partial charge in [0.05, 0.1) is 9.73 Å². The van der Waals surface area contributed by atoms with Crippen LogP contribution < -0.4 is 10.1 Å². The summed E-state index contributed by atoms with van der Waals surface area (Å²) in [5.74, 6) is -1.62. The molecule has 13 heteroatoms. The summed E-state index contributed by atoms with van der Waals surface area (Å²) in [6, 6.07) is 8.89. The predicted molar refractivity (Wildman–Crippen MR) is 117 cm³/mol. The first-order chi connectivity index (χ1) is 16.2. The number of ether oxygens (including phenoxy) is 1. The van der Waals surface area contributed by atoms with Crippen molar-refractivity contribution in [1.82, 2.24) is 10.2 Å². The van der Waals surface area contributed by atoms with Gasteiger partial charge < -0.3 is 10.1 Å². The lowest BCUT2D eigenvalue weighted by molar-refractivity contribution is -0.142. The van der Waals surface area contributed by atoms with Crippen LogP contribution in [0.1, 0.15) is 39.2 Å². The number of aromatic nitrogens is 2. The van der Waals surface area contributed by atoms with Crippen molar-refractivity contribution < 1.29 is 35.7 Å². The number of rotatable bonds is 6. The Labute approximate surface area is 197 Å². The molecule has 0 saturated heterocycles. The van der Waals surface area contributed by atoms with Crippen molar-refractivity contribution in [2.24, 2.45) is 0 Å². The van der Waals surface area contributed by atoms with Gasteiger partial charge in [0.25, 0.3) is 18.2 Å². The summed E-state index contributed by atoms with van der Waals surface area (Å²) in [7, 11) is -3.12. The van der Waals surface area contributed by atoms with E-state index in [-0.39, 0.29) is 27.5 Å². The maximum absolute atomic E-state index is 13.4. The molecular formula is C22H19F5N4O3S. The Morgan fingerprint density at radius 2 is 1.80 bits per heavy atom. The van der Waals surface area contributed by atoms with Crippen LogP contribution >= 0.6 is 0 Å². The average Bonchev–Trinajstić information content (AvgIpc) is 2.73. The summed E-state index contributed by atoms with van der Waals surface area (Å²) in [6.45, 7) is 2.46. The molecule has 0 saturated carbocycles. The molecule has 0 radical (unpaired) electrons. The van der Waals surface area contributed by atoms with Crippen LogP contribution in [-0.2, 0) is 15.9 Å². The molecule has 0 spiro atoms. The fourth-order valence-electron chi connectivity index (χ4n) is 3.14. The fraction of sp³-hybridized carbons (Fsp3) is 0.227. The Morgan fingerprint density at radius 3 is 2.37 bits per heavy atom. The molecule has 7 nitrogen and oxygen atoms in total. The average molecular weight is 514 g/mol. The number of amides is 1. The van der Waals surface area contributed by atoms with Crippen LogP contribution in [0.2, 0.25) is 0 Å². The minimum atomic E-state index is -4.92. The zero-order valence-corrected chi connectivity index (χ0v) is 19.4. The summed E-state index contributed by atoms with van der Waals surface area (Å²) in [5.41, 5.74) is -2.55. The molecule has 0 bridgehead atoms. The summed E-state index contributed by atoms with van der Waals surface area (Å²) in [6.07, 6.45) is -6.48. The van der Waals surface area contributed by atoms with Gasteiger partial charge in [-0.3, -0.25) is 4.79 Å². The molecule has 0 aliphatic rings. The molecule has 1 atom stereocenters. The van der Waals surface area contributed by atoms with Gasteiger partial charge in [0.1, 0.15) is 11.3 Å². The number of alkyl halides is 5. The maximum atomic E-state index is 13.4. The normalized spacial score (nSPS) is 13.4. The van der Waals surface area contributed by atoms with E-state index >= 15 is 0 Å². The van der Waals surface area contributed by atoms with Crippen molar-refractivity contribution in [3.8, 4) is 11.6 Å². The monoisotopic (exact) mass is 514 g/mol. The summed E-state index contributed by atoms with van der Waals surface area (Å²) in [5, 5.41) is 8.99. The highest BCUT2D eigenvalue weighted by atomic mass is 32.2. The largest absolute Gasteiger partial charge is 0.437 e. The molecule has 186 valence electrons. The topological polar surface area (TPSA) is 105 Å². The van der Waals surface area contributed by atoms with Crippen LogP contribution in [0.15, 0.2) is 47.4 Å². The zero-order valence-electron chi connectivity index (χ0n) is 18.5. The van der Waals surface area contributed by atoms with E-state index in [0.29, 0.717) is 0 Å².